The van der Waals surface area contributed by atoms with E-state index in [4.69, 9.17) is 0 Å². The highest BCUT2D eigenvalue weighted by molar-refractivity contribution is 8.16. The van der Waals surface area contributed by atoms with Gasteiger partial charge in [-0.3, -0.25) is 19.2 Å². The van der Waals surface area contributed by atoms with Crippen LogP contribution in [0, 0.1) is 0 Å². The minimum Gasteiger partial charge on any atom is -0.478 e. The Bertz CT molecular complexity index is 1160. The maximum atomic E-state index is 12.8. The van der Waals surface area contributed by atoms with Gasteiger partial charge in [-0.05, 0) is 60.0 Å². The third-order valence-corrected chi connectivity index (χ3v) is 5.80. The molecule has 36 heavy (non-hydrogen) atoms. The smallest absolute Gasteiger partial charge is 0.337 e. The predicted molar refractivity (Wildman–Crippen MR) is 141 cm³/mol. The summed E-state index contributed by atoms with van der Waals surface area (Å²) in [5.74, 6) is -2.30. The second-order valence-electron chi connectivity index (χ2n) is 7.94. The number of nitrogens with zero attached hydrogens (tertiary/aromatic N) is 1. The van der Waals surface area contributed by atoms with Crippen LogP contribution in [0.1, 0.15) is 48.2 Å². The molecule has 0 aliphatic carbocycles. The zero-order chi connectivity index (χ0) is 26.7. The van der Waals surface area contributed by atoms with Gasteiger partial charge in [0.1, 0.15) is 0 Å². The van der Waals surface area contributed by atoms with Gasteiger partial charge in [-0.1, -0.05) is 31.2 Å². The zero-order valence-corrected chi connectivity index (χ0v) is 21.2. The SMILES string of the molecule is CCc1ccc(/C=C(\SC=O)C(=O)N(C)CCCC(=O)Nc2ccc(C(=O)O)c(NC(C)=O)c2)cc1. The summed E-state index contributed by atoms with van der Waals surface area (Å²) in [7, 11) is 1.60. The number of likely N-dealkylation sites (N-methyl/N-ethyl adjacent to an activating group) is 1. The number of hydrogen-bond donors (Lipinski definition) is 3. The Kier molecular flexibility index (Phi) is 10.9. The highest BCUT2D eigenvalue weighted by Crippen LogP contribution is 2.22. The van der Waals surface area contributed by atoms with Crippen molar-refractivity contribution in [1.82, 2.24) is 4.90 Å². The molecule has 0 bridgehead atoms. The fourth-order valence-electron chi connectivity index (χ4n) is 3.29. The van der Waals surface area contributed by atoms with Crippen molar-refractivity contribution in [3.8, 4) is 0 Å². The van der Waals surface area contributed by atoms with Gasteiger partial charge in [-0.2, -0.15) is 0 Å². The molecule has 0 atom stereocenters. The number of rotatable bonds is 12. The molecule has 0 unspecified atom stereocenters. The molecule has 0 aromatic heterocycles. The Balaban J connectivity index is 1.96. The van der Waals surface area contributed by atoms with Gasteiger partial charge in [0.15, 0.2) is 5.62 Å². The molecule has 2 rings (SSSR count). The molecule has 0 saturated carbocycles. The normalized spacial score (nSPS) is 10.9. The minimum atomic E-state index is -1.21. The van der Waals surface area contributed by atoms with Gasteiger partial charge in [-0.25, -0.2) is 4.79 Å². The Hall–Kier alpha value is -3.92. The lowest BCUT2D eigenvalue weighted by Crippen LogP contribution is -2.29. The molecule has 190 valence electrons. The van der Waals surface area contributed by atoms with E-state index in [0.29, 0.717) is 17.7 Å². The predicted octanol–water partition coefficient (Wildman–Crippen LogP) is 4.05. The van der Waals surface area contributed by atoms with Crippen molar-refractivity contribution in [2.24, 2.45) is 0 Å². The number of carbonyl (C=O) groups is 5. The molecule has 3 N–H and O–H groups in total. The van der Waals surface area contributed by atoms with Gasteiger partial charge in [0.25, 0.3) is 5.91 Å². The van der Waals surface area contributed by atoms with Gasteiger partial charge < -0.3 is 20.6 Å². The Morgan fingerprint density at radius 1 is 1.06 bits per heavy atom. The van der Waals surface area contributed by atoms with Gasteiger partial charge in [0.2, 0.25) is 11.8 Å². The van der Waals surface area contributed by atoms with Crippen LogP contribution >= 0.6 is 11.8 Å². The molecule has 2 aromatic rings. The molecule has 3 amide bonds. The first kappa shape index (κ1) is 28.3. The largest absolute Gasteiger partial charge is 0.478 e. The Morgan fingerprint density at radius 2 is 1.75 bits per heavy atom. The number of carboxylic acid groups (broad SMARTS) is 1. The number of thioether (sulfide) groups is 1. The first-order valence-electron chi connectivity index (χ1n) is 11.3. The molecular formula is C26H29N3O6S. The molecule has 10 heteroatoms. The average Bonchev–Trinajstić information content (AvgIpc) is 2.83. The maximum Gasteiger partial charge on any atom is 0.337 e. The first-order valence-corrected chi connectivity index (χ1v) is 12.1. The third kappa shape index (κ3) is 8.70. The molecule has 0 aliphatic heterocycles. The van der Waals surface area contributed by atoms with Crippen molar-refractivity contribution in [2.45, 2.75) is 33.1 Å². The molecule has 0 heterocycles. The van der Waals surface area contributed by atoms with Crippen molar-refractivity contribution < 1.29 is 29.1 Å². The van der Waals surface area contributed by atoms with Crippen LogP contribution < -0.4 is 10.6 Å². The molecule has 9 nitrogen and oxygen atoms in total. The monoisotopic (exact) mass is 511 g/mol. The highest BCUT2D eigenvalue weighted by Gasteiger charge is 2.17. The van der Waals surface area contributed by atoms with Gasteiger partial charge in [0.05, 0.1) is 16.2 Å². The van der Waals surface area contributed by atoms with Crippen molar-refractivity contribution in [1.29, 1.82) is 0 Å². The van der Waals surface area contributed by atoms with Crippen molar-refractivity contribution in [2.75, 3.05) is 24.2 Å². The van der Waals surface area contributed by atoms with E-state index in [1.54, 1.807) is 13.1 Å². The quantitative estimate of drug-likeness (QED) is 0.289. The molecule has 0 spiro atoms. The van der Waals surface area contributed by atoms with Crippen LogP contribution in [0.4, 0.5) is 11.4 Å². The number of aromatic carboxylic acids is 1. The molecule has 0 fully saturated rings. The summed E-state index contributed by atoms with van der Waals surface area (Å²) in [6.45, 7) is 3.59. The average molecular weight is 512 g/mol. The zero-order valence-electron chi connectivity index (χ0n) is 20.4. The van der Waals surface area contributed by atoms with E-state index in [-0.39, 0.29) is 40.9 Å². The summed E-state index contributed by atoms with van der Waals surface area (Å²) in [6, 6.07) is 11.8. The van der Waals surface area contributed by atoms with Gasteiger partial charge >= 0.3 is 5.97 Å². The topological polar surface area (TPSA) is 133 Å². The number of amides is 3. The number of aryl methyl sites for hydroxylation is 1. The number of anilines is 2. The molecule has 2 aromatic carbocycles. The van der Waals surface area contributed by atoms with Crippen molar-refractivity contribution >= 4 is 58.5 Å². The van der Waals surface area contributed by atoms with Gasteiger partial charge in [-0.15, -0.1) is 0 Å². The van der Waals surface area contributed by atoms with Crippen molar-refractivity contribution in [3.63, 3.8) is 0 Å². The van der Waals surface area contributed by atoms with Crippen LogP contribution in [0.25, 0.3) is 6.08 Å². The van der Waals surface area contributed by atoms with E-state index in [1.165, 1.54) is 35.6 Å². The van der Waals surface area contributed by atoms with E-state index in [0.717, 1.165) is 23.7 Å². The second-order valence-corrected chi connectivity index (χ2v) is 8.81. The standard InChI is InChI=1S/C26H29N3O6S/c1-4-18-7-9-19(10-8-18)14-23(36-16-30)25(33)29(3)13-5-6-24(32)28-20-11-12-21(26(34)35)22(15-20)27-17(2)31/h7-12,14-16H,4-6,13H2,1-3H3,(H,27,31)(H,28,32)(H,34,35)/b23-14-. The van der Waals surface area contributed by atoms with E-state index < -0.39 is 11.9 Å². The summed E-state index contributed by atoms with van der Waals surface area (Å²) in [5, 5.41) is 14.3. The lowest BCUT2D eigenvalue weighted by Gasteiger charge is -2.18. The molecule has 0 aliphatic rings. The van der Waals surface area contributed by atoms with Crippen LogP contribution in [-0.2, 0) is 25.6 Å². The number of carbonyl (C=O) groups excluding carboxylic acids is 4. The lowest BCUT2D eigenvalue weighted by molar-refractivity contribution is -0.125. The van der Waals surface area contributed by atoms with Crippen LogP contribution in [0.15, 0.2) is 47.4 Å². The summed E-state index contributed by atoms with van der Waals surface area (Å²) >= 11 is 0.806. The first-order chi connectivity index (χ1) is 17.1. The number of carboxylic acids is 1. The molecule has 0 radical (unpaired) electrons. The lowest BCUT2D eigenvalue weighted by atomic mass is 10.1. The third-order valence-electron chi connectivity index (χ3n) is 5.16. The maximum absolute atomic E-state index is 12.8. The Morgan fingerprint density at radius 3 is 2.33 bits per heavy atom. The van der Waals surface area contributed by atoms with Gasteiger partial charge in [0, 0.05) is 32.6 Å². The van der Waals surface area contributed by atoms with Crippen LogP contribution in [0.3, 0.4) is 0 Å². The number of nitrogens with one attached hydrogen (secondary N) is 2. The summed E-state index contributed by atoms with van der Waals surface area (Å²) in [5.41, 5.74) is 2.90. The summed E-state index contributed by atoms with van der Waals surface area (Å²) < 4.78 is 0. The highest BCUT2D eigenvalue weighted by atomic mass is 32.2. The van der Waals surface area contributed by atoms with Crippen LogP contribution in [0.5, 0.6) is 0 Å². The summed E-state index contributed by atoms with van der Waals surface area (Å²) in [6.07, 6.45) is 3.03. The van der Waals surface area contributed by atoms with E-state index >= 15 is 0 Å². The van der Waals surface area contributed by atoms with E-state index in [1.807, 2.05) is 24.3 Å². The Labute approximate surface area is 213 Å². The van der Waals surface area contributed by atoms with Crippen molar-refractivity contribution in [3.05, 3.63) is 64.1 Å². The molecular weight excluding hydrogens is 482 g/mol. The van der Waals surface area contributed by atoms with Crippen LogP contribution in [-0.4, -0.2) is 52.9 Å². The summed E-state index contributed by atoms with van der Waals surface area (Å²) in [4.78, 5) is 60.7. The number of benzene rings is 2. The fourth-order valence-corrected chi connectivity index (χ4v) is 3.85. The fraction of sp³-hybridized carbons (Fsp3) is 0.269. The second kappa shape index (κ2) is 13.8. The minimum absolute atomic E-state index is 0.0782. The molecule has 0 saturated heterocycles. The van der Waals surface area contributed by atoms with E-state index in [9.17, 15) is 29.1 Å². The number of hydrogen-bond acceptors (Lipinski definition) is 6. The van der Waals surface area contributed by atoms with Crippen LogP contribution in [0.2, 0.25) is 0 Å². The van der Waals surface area contributed by atoms with E-state index in [2.05, 4.69) is 17.6 Å².